The fraction of sp³-hybridized carbons (Fsp3) is 0.316. The van der Waals surface area contributed by atoms with E-state index in [1.807, 2.05) is 135 Å². The van der Waals surface area contributed by atoms with Crippen molar-refractivity contribution in [1.82, 2.24) is 0 Å². The Hall–Kier alpha value is -9.56. The van der Waals surface area contributed by atoms with Crippen LogP contribution in [0.25, 0.3) is 0 Å². The monoisotopic (exact) mass is 1200 g/mol. The van der Waals surface area contributed by atoms with Crippen LogP contribution in [0, 0.1) is 13.8 Å². The molecule has 2 spiro atoms. The van der Waals surface area contributed by atoms with Crippen molar-refractivity contribution in [3.63, 3.8) is 0 Å². The van der Waals surface area contributed by atoms with Crippen LogP contribution in [-0.4, -0.2) is 64.5 Å². The van der Waals surface area contributed by atoms with Crippen molar-refractivity contribution in [1.29, 1.82) is 0 Å². The number of fused-ring (bicyclic) bond motifs is 12. The number of rotatable bonds is 11. The Labute approximate surface area is 525 Å². The number of methoxy groups -OCH3 is 2. The first-order valence-electron chi connectivity index (χ1n) is 31.7. The van der Waals surface area contributed by atoms with E-state index in [1.165, 1.54) is 52.7 Å². The van der Waals surface area contributed by atoms with Crippen LogP contribution in [0.5, 0.6) is 23.0 Å². The van der Waals surface area contributed by atoms with Gasteiger partial charge in [0.25, 0.3) is 0 Å². The molecule has 458 valence electrons. The van der Waals surface area contributed by atoms with Gasteiger partial charge in [0.1, 0.15) is 23.0 Å². The smallest absolute Gasteiger partial charge is 0.418 e. The lowest BCUT2D eigenvalue weighted by atomic mass is 9.74. The van der Waals surface area contributed by atoms with E-state index in [2.05, 4.69) is 62.0 Å². The van der Waals surface area contributed by atoms with E-state index >= 15 is 0 Å². The Balaban J connectivity index is 0.789. The van der Waals surface area contributed by atoms with Crippen molar-refractivity contribution in [2.45, 2.75) is 127 Å². The van der Waals surface area contributed by atoms with Gasteiger partial charge in [0.05, 0.1) is 48.1 Å². The molecule has 4 aliphatic heterocycles. The average Bonchev–Trinajstić information content (AvgIpc) is 1.45. The molecule has 2 amide bonds. The number of hydrogen-bond acceptors (Lipinski definition) is 12. The minimum atomic E-state index is -1.38. The van der Waals surface area contributed by atoms with Gasteiger partial charge in [-0.1, -0.05) is 113 Å². The lowest BCUT2D eigenvalue weighted by Gasteiger charge is -2.39. The van der Waals surface area contributed by atoms with Crippen molar-refractivity contribution in [2.75, 3.05) is 47.9 Å². The Morgan fingerprint density at radius 2 is 0.844 bits per heavy atom. The molecular formula is C76H74N4O10. The average molecular weight is 1200 g/mol. The molecule has 0 radical (unpaired) electrons. The zero-order valence-electron chi connectivity index (χ0n) is 52.3. The van der Waals surface area contributed by atoms with E-state index in [1.54, 1.807) is 21.9 Å². The van der Waals surface area contributed by atoms with Crippen LogP contribution >= 0.6 is 0 Å². The van der Waals surface area contributed by atoms with Crippen LogP contribution in [0.2, 0.25) is 0 Å². The molecule has 2 unspecified atom stereocenters. The maximum Gasteiger partial charge on any atom is 0.418 e. The molecule has 0 saturated heterocycles. The lowest BCUT2D eigenvalue weighted by Crippen LogP contribution is -2.35. The van der Waals surface area contributed by atoms with Crippen LogP contribution in [-0.2, 0) is 35.6 Å². The molecule has 14 heteroatoms. The summed E-state index contributed by atoms with van der Waals surface area (Å²) in [5.41, 5.74) is 9.25. The number of hydrogen-bond donors (Lipinski definition) is 0. The number of carbonyl (C=O) groups excluding carboxylic acids is 4. The third-order valence-electron chi connectivity index (χ3n) is 20.5. The largest absolute Gasteiger partial charge is 0.456 e. The van der Waals surface area contributed by atoms with Crippen molar-refractivity contribution in [3.8, 4) is 23.0 Å². The van der Waals surface area contributed by atoms with Gasteiger partial charge < -0.3 is 38.2 Å². The summed E-state index contributed by atoms with van der Waals surface area (Å²) in [5.74, 6) is 1.36. The molecular weight excluding hydrogens is 1130 g/mol. The number of aryl methyl sites for hydroxylation is 2. The second kappa shape index (κ2) is 22.5. The maximum absolute atomic E-state index is 14.3. The standard InChI is InChI=1S/C76H74N4O10/c1-9-74(4,48-28-32-52(33-29-48)79(72(83)85-7)64-44-62-66(40-46(64)2)87-68-42-54(77(5)50-20-12-10-13-21-50)36-38-60(68)75(62)58-26-18-16-24-56(58)70(81)89-75)49-30-34-53(35-31-49)80(73(84)86-8)65-45-63-67(41-47(65)3)88-69-43-55(78(6)51-22-14-11-15-23-51)37-39-61(69)76(63)59-27-19-17-25-57(59)71(82)90-76/h16-19,24-45,50-51H,9-15,20-23H2,1-8H3. The summed E-state index contributed by atoms with van der Waals surface area (Å²) in [6, 6.07) is 51.6. The van der Waals surface area contributed by atoms with Gasteiger partial charge in [-0.3, -0.25) is 0 Å². The molecule has 14 nitrogen and oxygen atoms in total. The van der Waals surface area contributed by atoms with Gasteiger partial charge in [-0.05, 0) is 153 Å². The zero-order chi connectivity index (χ0) is 62.4. The van der Waals surface area contributed by atoms with Crippen LogP contribution in [0.4, 0.5) is 43.7 Å². The van der Waals surface area contributed by atoms with Gasteiger partial charge in [0.2, 0.25) is 0 Å². The van der Waals surface area contributed by atoms with Crippen molar-refractivity contribution >= 4 is 58.2 Å². The molecule has 2 atom stereocenters. The Bertz CT molecular complexity index is 3940. The SMILES string of the molecule is CCC(C)(c1ccc(N(C(=O)OC)c2cc3c(cc2C)Oc2cc(N(C)C4CCCCC4)ccc2C32OC(=O)c3ccccc32)cc1)c1ccc(N(C(=O)OC)c2cc3c(cc2C)Oc2cc(N(C)C4CCCCC4)ccc2C32OC(=O)c3ccccc32)cc1. The summed E-state index contributed by atoms with van der Waals surface area (Å²) >= 11 is 0. The first kappa shape index (κ1) is 58.1. The predicted octanol–water partition coefficient (Wildman–Crippen LogP) is 17.5. The van der Waals surface area contributed by atoms with E-state index in [0.29, 0.717) is 109 Å². The Morgan fingerprint density at radius 3 is 1.22 bits per heavy atom. The predicted molar refractivity (Wildman–Crippen MR) is 348 cm³/mol. The number of esters is 2. The van der Waals surface area contributed by atoms with Crippen molar-refractivity contribution < 1.29 is 47.6 Å². The van der Waals surface area contributed by atoms with Gasteiger partial charge in [0.15, 0.2) is 11.2 Å². The molecule has 0 bridgehead atoms. The van der Waals surface area contributed by atoms with Gasteiger partial charge in [-0.2, -0.15) is 0 Å². The summed E-state index contributed by atoms with van der Waals surface area (Å²) in [6.07, 6.45) is 11.3. The van der Waals surface area contributed by atoms with Crippen LogP contribution in [0.15, 0.2) is 158 Å². The molecule has 6 aliphatic rings. The first-order valence-corrected chi connectivity index (χ1v) is 31.7. The maximum atomic E-state index is 14.3. The number of nitrogens with zero attached hydrogens (tertiary/aromatic N) is 4. The molecule has 2 saturated carbocycles. The minimum absolute atomic E-state index is 0.419. The number of benzene rings is 8. The first-order chi connectivity index (χ1) is 43.6. The molecule has 90 heavy (non-hydrogen) atoms. The summed E-state index contributed by atoms with van der Waals surface area (Å²) in [5, 5.41) is 0. The minimum Gasteiger partial charge on any atom is -0.456 e. The summed E-state index contributed by atoms with van der Waals surface area (Å²) in [7, 11) is 7.02. The highest BCUT2D eigenvalue weighted by atomic mass is 16.6. The van der Waals surface area contributed by atoms with E-state index in [4.69, 9.17) is 28.4 Å². The van der Waals surface area contributed by atoms with E-state index in [-0.39, 0.29) is 0 Å². The molecule has 0 N–H and O–H groups in total. The number of anilines is 6. The normalized spacial score (nSPS) is 19.3. The highest BCUT2D eigenvalue weighted by Gasteiger charge is 2.56. The van der Waals surface area contributed by atoms with E-state index in [9.17, 15) is 19.2 Å². The second-order valence-corrected chi connectivity index (χ2v) is 25.3. The van der Waals surface area contributed by atoms with E-state index < -0.39 is 40.7 Å². The van der Waals surface area contributed by atoms with Crippen molar-refractivity contribution in [3.05, 3.63) is 224 Å². The topological polar surface area (TPSA) is 137 Å². The summed E-state index contributed by atoms with van der Waals surface area (Å²) < 4.78 is 38.1. The third kappa shape index (κ3) is 9.09. The van der Waals surface area contributed by atoms with Gasteiger partial charge in [-0.25, -0.2) is 29.0 Å². The molecule has 14 rings (SSSR count). The van der Waals surface area contributed by atoms with Gasteiger partial charge >= 0.3 is 24.1 Å². The number of amides is 2. The molecule has 8 aromatic carbocycles. The lowest BCUT2D eigenvalue weighted by molar-refractivity contribution is 0.0214. The fourth-order valence-electron chi connectivity index (χ4n) is 15.3. The Kier molecular flexibility index (Phi) is 14.5. The van der Waals surface area contributed by atoms with E-state index in [0.717, 1.165) is 59.3 Å². The van der Waals surface area contributed by atoms with Crippen LogP contribution in [0.3, 0.4) is 0 Å². The highest BCUT2D eigenvalue weighted by molar-refractivity contribution is 6.01. The van der Waals surface area contributed by atoms with Crippen molar-refractivity contribution in [2.24, 2.45) is 0 Å². The highest BCUT2D eigenvalue weighted by Crippen LogP contribution is 2.60. The molecule has 4 heterocycles. The van der Waals surface area contributed by atoms with Crippen LogP contribution in [0.1, 0.15) is 161 Å². The third-order valence-corrected chi connectivity index (χ3v) is 20.5. The quantitative estimate of drug-likeness (QED) is 0.0900. The number of carbonyl (C=O) groups is 4. The summed E-state index contributed by atoms with van der Waals surface area (Å²) in [4.78, 5) is 64.4. The van der Waals surface area contributed by atoms with Gasteiger partial charge in [-0.15, -0.1) is 0 Å². The molecule has 2 aliphatic carbocycles. The van der Waals surface area contributed by atoms with Crippen LogP contribution < -0.4 is 29.1 Å². The second-order valence-electron chi connectivity index (χ2n) is 25.3. The van der Waals surface area contributed by atoms with Gasteiger partial charge in [0, 0.05) is 88.5 Å². The Morgan fingerprint density at radius 1 is 0.478 bits per heavy atom. The molecule has 8 aromatic rings. The number of ether oxygens (including phenoxy) is 6. The zero-order valence-corrected chi connectivity index (χ0v) is 52.3. The molecule has 2 fully saturated rings. The fourth-order valence-corrected chi connectivity index (χ4v) is 15.3. The molecule has 0 aromatic heterocycles. The summed E-state index contributed by atoms with van der Waals surface area (Å²) in [6.45, 7) is 8.18.